The van der Waals surface area contributed by atoms with Crippen molar-refractivity contribution in [2.75, 3.05) is 7.11 Å². The number of rotatable bonds is 5. The first-order chi connectivity index (χ1) is 10.4. The molecule has 0 N–H and O–H groups in total. The van der Waals surface area contributed by atoms with Gasteiger partial charge in [0.1, 0.15) is 5.75 Å². The molecule has 2 heterocycles. The van der Waals surface area contributed by atoms with Crippen LogP contribution in [0.1, 0.15) is 39.2 Å². The number of methoxy groups -OCH3 is 1. The van der Waals surface area contributed by atoms with Crippen molar-refractivity contribution in [2.45, 2.75) is 62.9 Å². The molecule has 1 aromatic carbocycles. The lowest BCUT2D eigenvalue weighted by Gasteiger charge is -2.35. The highest BCUT2D eigenvalue weighted by molar-refractivity contribution is 6.21. The Balaban J connectivity index is 1.72. The van der Waals surface area contributed by atoms with Gasteiger partial charge in [0.05, 0.1) is 36.4 Å². The van der Waals surface area contributed by atoms with Gasteiger partial charge in [0.15, 0.2) is 0 Å². The van der Waals surface area contributed by atoms with Crippen molar-refractivity contribution in [3.8, 4) is 5.75 Å². The second-order valence-corrected chi connectivity index (χ2v) is 7.54. The Bertz CT molecular complexity index is 547. The molecule has 0 saturated carbocycles. The monoisotopic (exact) mass is 324 g/mol. The molecular formula is C18H25ClO3. The molecule has 0 aromatic heterocycles. The van der Waals surface area contributed by atoms with Crippen LogP contribution in [0.3, 0.4) is 0 Å². The number of benzene rings is 1. The van der Waals surface area contributed by atoms with Crippen molar-refractivity contribution >= 4 is 11.6 Å². The Labute approximate surface area is 137 Å². The fourth-order valence-electron chi connectivity index (χ4n) is 3.90. The molecule has 2 aliphatic heterocycles. The van der Waals surface area contributed by atoms with Crippen LogP contribution in [0.2, 0.25) is 0 Å². The zero-order valence-electron chi connectivity index (χ0n) is 13.8. The van der Waals surface area contributed by atoms with Crippen LogP contribution in [0.25, 0.3) is 0 Å². The van der Waals surface area contributed by atoms with E-state index in [1.807, 2.05) is 24.3 Å². The summed E-state index contributed by atoms with van der Waals surface area (Å²) in [6, 6.07) is 7.97. The number of hydrogen-bond acceptors (Lipinski definition) is 3. The van der Waals surface area contributed by atoms with E-state index in [9.17, 15) is 0 Å². The smallest absolute Gasteiger partial charge is 0.124 e. The molecule has 3 nitrogen and oxygen atoms in total. The summed E-state index contributed by atoms with van der Waals surface area (Å²) < 4.78 is 18.0. The molecule has 122 valence electrons. The maximum Gasteiger partial charge on any atom is 0.124 e. The molecule has 0 radical (unpaired) electrons. The first-order valence-electron chi connectivity index (χ1n) is 7.99. The second kappa shape index (κ2) is 5.70. The molecule has 4 heteroatoms. The van der Waals surface area contributed by atoms with Gasteiger partial charge in [-0.3, -0.25) is 0 Å². The number of hydrogen-bond donors (Lipinski definition) is 0. The fraction of sp³-hybridized carbons (Fsp3) is 0.667. The lowest BCUT2D eigenvalue weighted by atomic mass is 9.75. The second-order valence-electron chi connectivity index (χ2n) is 7.01. The van der Waals surface area contributed by atoms with Crippen LogP contribution in [-0.4, -0.2) is 29.8 Å². The minimum atomic E-state index is -0.279. The summed E-state index contributed by atoms with van der Waals surface area (Å²) in [5.74, 6) is 1.25. The van der Waals surface area contributed by atoms with Gasteiger partial charge in [-0.1, -0.05) is 32.0 Å². The highest BCUT2D eigenvalue weighted by Gasteiger charge is 2.65. The van der Waals surface area contributed by atoms with E-state index < -0.39 is 0 Å². The minimum Gasteiger partial charge on any atom is -0.496 e. The van der Waals surface area contributed by atoms with Gasteiger partial charge >= 0.3 is 0 Å². The van der Waals surface area contributed by atoms with E-state index in [0.29, 0.717) is 12.5 Å². The van der Waals surface area contributed by atoms with Crippen LogP contribution in [0, 0.1) is 5.92 Å². The molecule has 0 aliphatic carbocycles. The minimum absolute atomic E-state index is 0.0728. The van der Waals surface area contributed by atoms with E-state index in [2.05, 4.69) is 20.8 Å². The first-order valence-corrected chi connectivity index (χ1v) is 8.42. The summed E-state index contributed by atoms with van der Waals surface area (Å²) in [4.78, 5) is 0. The van der Waals surface area contributed by atoms with Gasteiger partial charge in [0, 0.05) is 12.0 Å². The Morgan fingerprint density at radius 1 is 1.32 bits per heavy atom. The van der Waals surface area contributed by atoms with E-state index >= 15 is 0 Å². The molecule has 2 fully saturated rings. The van der Waals surface area contributed by atoms with Gasteiger partial charge in [0.25, 0.3) is 0 Å². The Morgan fingerprint density at radius 3 is 2.68 bits per heavy atom. The summed E-state index contributed by atoms with van der Waals surface area (Å²) in [5, 5.41) is 0.0728. The number of halogens is 1. The molecule has 2 saturated heterocycles. The zero-order valence-corrected chi connectivity index (χ0v) is 14.5. The lowest BCUT2D eigenvalue weighted by molar-refractivity contribution is -0.0958. The van der Waals surface area contributed by atoms with Crippen LogP contribution in [0.15, 0.2) is 24.3 Å². The molecule has 22 heavy (non-hydrogen) atoms. The van der Waals surface area contributed by atoms with Gasteiger partial charge in [-0.15, -0.1) is 11.6 Å². The van der Waals surface area contributed by atoms with E-state index in [4.69, 9.17) is 25.8 Å². The third kappa shape index (κ3) is 2.44. The van der Waals surface area contributed by atoms with Crippen molar-refractivity contribution in [3.05, 3.63) is 29.8 Å². The number of fused-ring (bicyclic) bond motifs is 2. The van der Waals surface area contributed by atoms with Gasteiger partial charge in [-0.05, 0) is 25.3 Å². The van der Waals surface area contributed by atoms with E-state index in [1.54, 1.807) is 7.11 Å². The average molecular weight is 325 g/mol. The summed E-state index contributed by atoms with van der Waals surface area (Å²) >= 11 is 6.58. The number of alkyl halides is 1. The number of para-hydroxylation sites is 1. The zero-order chi connectivity index (χ0) is 16.0. The highest BCUT2D eigenvalue weighted by atomic mass is 35.5. The van der Waals surface area contributed by atoms with Crippen LogP contribution < -0.4 is 4.74 Å². The van der Waals surface area contributed by atoms with Crippen LogP contribution >= 0.6 is 11.6 Å². The summed E-state index contributed by atoms with van der Waals surface area (Å²) in [7, 11) is 1.69. The molecule has 0 amide bonds. The van der Waals surface area contributed by atoms with Crippen molar-refractivity contribution in [3.63, 3.8) is 0 Å². The van der Waals surface area contributed by atoms with Crippen molar-refractivity contribution < 1.29 is 14.2 Å². The topological polar surface area (TPSA) is 27.7 Å². The maximum atomic E-state index is 6.58. The Hall–Kier alpha value is -0.770. The molecule has 4 atom stereocenters. The SMILES string of the molecule is COc1ccccc1CO[C@@H]1C[C@]2(C(C)C)O[C@@]1(C)C[C@@H]2Cl. The van der Waals surface area contributed by atoms with Gasteiger partial charge in [0.2, 0.25) is 0 Å². The highest BCUT2D eigenvalue weighted by Crippen LogP contribution is 2.57. The summed E-state index contributed by atoms with van der Waals surface area (Å²) in [6.45, 7) is 7.04. The van der Waals surface area contributed by atoms with Gasteiger partial charge in [-0.2, -0.15) is 0 Å². The normalized spacial score (nSPS) is 37.0. The van der Waals surface area contributed by atoms with Crippen molar-refractivity contribution in [1.29, 1.82) is 0 Å². The fourth-order valence-corrected chi connectivity index (χ4v) is 4.60. The molecule has 0 spiro atoms. The van der Waals surface area contributed by atoms with Gasteiger partial charge in [-0.25, -0.2) is 0 Å². The maximum absolute atomic E-state index is 6.58. The standard InChI is InChI=1S/C18H25ClO3/c1-12(2)18-10-16(17(3,22-18)9-15(18)19)21-11-13-7-5-6-8-14(13)20-4/h5-8,12,15-16H,9-11H2,1-4H3/t15-,16+,17-,18+/m0/s1. The molecule has 2 bridgehead atoms. The average Bonchev–Trinajstić information content (AvgIpc) is 2.93. The van der Waals surface area contributed by atoms with Gasteiger partial charge < -0.3 is 14.2 Å². The van der Waals surface area contributed by atoms with Crippen LogP contribution in [0.5, 0.6) is 5.75 Å². The summed E-state index contributed by atoms with van der Waals surface area (Å²) in [6.07, 6.45) is 1.79. The molecule has 2 aliphatic rings. The molecular weight excluding hydrogens is 300 g/mol. The van der Waals surface area contributed by atoms with E-state index in [-0.39, 0.29) is 22.7 Å². The predicted molar refractivity (Wildman–Crippen MR) is 87.5 cm³/mol. The third-order valence-corrected chi connectivity index (χ3v) is 5.86. The van der Waals surface area contributed by atoms with Crippen molar-refractivity contribution in [1.82, 2.24) is 0 Å². The Morgan fingerprint density at radius 2 is 2.05 bits per heavy atom. The lowest BCUT2D eigenvalue weighted by Crippen LogP contribution is -2.45. The quantitative estimate of drug-likeness (QED) is 0.761. The molecule has 3 rings (SSSR count). The molecule has 0 unspecified atom stereocenters. The Kier molecular flexibility index (Phi) is 4.17. The van der Waals surface area contributed by atoms with Crippen molar-refractivity contribution in [2.24, 2.45) is 5.92 Å². The van der Waals surface area contributed by atoms with Crippen LogP contribution in [-0.2, 0) is 16.1 Å². The third-order valence-electron chi connectivity index (χ3n) is 5.33. The first kappa shape index (κ1) is 16.1. The number of ether oxygens (including phenoxy) is 3. The van der Waals surface area contributed by atoms with E-state index in [1.165, 1.54) is 0 Å². The van der Waals surface area contributed by atoms with Crippen LogP contribution in [0.4, 0.5) is 0 Å². The molecule has 1 aromatic rings. The van der Waals surface area contributed by atoms with E-state index in [0.717, 1.165) is 24.2 Å². The summed E-state index contributed by atoms with van der Waals surface area (Å²) in [5.41, 5.74) is 0.540. The largest absolute Gasteiger partial charge is 0.496 e. The predicted octanol–water partition coefficient (Wildman–Crippen LogP) is 4.17.